The van der Waals surface area contributed by atoms with E-state index >= 15 is 0 Å². The van der Waals surface area contributed by atoms with Gasteiger partial charge in [0.2, 0.25) is 0 Å². The minimum Gasteiger partial charge on any atom is -0.388 e. The van der Waals surface area contributed by atoms with E-state index < -0.39 is 5.60 Å². The monoisotopic (exact) mass is 379 g/mol. The van der Waals surface area contributed by atoms with Gasteiger partial charge in [0.25, 0.3) is 5.91 Å². The van der Waals surface area contributed by atoms with Crippen LogP contribution in [0, 0.1) is 3.57 Å². The van der Waals surface area contributed by atoms with Crippen LogP contribution < -0.4 is 0 Å². The zero-order chi connectivity index (χ0) is 13.3. The molecule has 1 fully saturated rings. The molecule has 1 aliphatic rings. The van der Waals surface area contributed by atoms with E-state index in [4.69, 9.17) is 11.6 Å². The third kappa shape index (κ3) is 3.16. The summed E-state index contributed by atoms with van der Waals surface area (Å²) in [6.07, 6.45) is 1.57. The molecule has 5 heteroatoms. The van der Waals surface area contributed by atoms with Gasteiger partial charge < -0.3 is 10.0 Å². The number of piperidine rings is 1. The first-order chi connectivity index (χ1) is 8.39. The zero-order valence-electron chi connectivity index (χ0n) is 10.1. The number of rotatable bonds is 1. The van der Waals surface area contributed by atoms with Gasteiger partial charge in [-0.1, -0.05) is 11.6 Å². The number of hydrogen-bond acceptors (Lipinski definition) is 2. The average molecular weight is 380 g/mol. The number of aliphatic hydroxyl groups is 1. The van der Waals surface area contributed by atoms with Crippen molar-refractivity contribution < 1.29 is 9.90 Å². The minimum absolute atomic E-state index is 0.0538. The van der Waals surface area contributed by atoms with E-state index in [0.29, 0.717) is 23.7 Å². The fourth-order valence-electron chi connectivity index (χ4n) is 2.23. The fourth-order valence-corrected chi connectivity index (χ4v) is 2.96. The minimum atomic E-state index is -0.780. The van der Waals surface area contributed by atoms with Gasteiger partial charge in [-0.3, -0.25) is 4.79 Å². The Balaban J connectivity index is 2.23. The van der Waals surface area contributed by atoms with Gasteiger partial charge in [-0.2, -0.15) is 0 Å². The molecule has 3 nitrogen and oxygen atoms in total. The topological polar surface area (TPSA) is 40.5 Å². The average Bonchev–Trinajstić information content (AvgIpc) is 2.30. The number of amides is 1. The van der Waals surface area contributed by atoms with Gasteiger partial charge in [0.05, 0.1) is 11.2 Å². The maximum atomic E-state index is 12.4. The fraction of sp³-hybridized carbons (Fsp3) is 0.462. The van der Waals surface area contributed by atoms with Crippen molar-refractivity contribution >= 4 is 40.1 Å². The van der Waals surface area contributed by atoms with Crippen LogP contribution in [0.5, 0.6) is 0 Å². The van der Waals surface area contributed by atoms with Crippen molar-refractivity contribution in [3.05, 3.63) is 32.4 Å². The molecule has 1 aromatic carbocycles. The summed E-state index contributed by atoms with van der Waals surface area (Å²) in [6, 6.07) is 5.29. The molecule has 1 saturated heterocycles. The van der Waals surface area contributed by atoms with E-state index in [-0.39, 0.29) is 5.91 Å². The van der Waals surface area contributed by atoms with Gasteiger partial charge >= 0.3 is 0 Å². The largest absolute Gasteiger partial charge is 0.388 e. The zero-order valence-corrected chi connectivity index (χ0v) is 13.0. The van der Waals surface area contributed by atoms with Crippen molar-refractivity contribution in [3.63, 3.8) is 0 Å². The number of likely N-dealkylation sites (tertiary alicyclic amines) is 1. The summed E-state index contributed by atoms with van der Waals surface area (Å²) in [5.41, 5.74) is -0.168. The second-order valence-corrected chi connectivity index (χ2v) is 6.55. The van der Waals surface area contributed by atoms with Crippen LogP contribution in [0.3, 0.4) is 0 Å². The van der Waals surface area contributed by atoms with Crippen molar-refractivity contribution in [3.8, 4) is 0 Å². The number of halogens is 2. The molecule has 98 valence electrons. The van der Waals surface area contributed by atoms with Crippen LogP contribution in [0.1, 0.15) is 30.1 Å². The number of carbonyl (C=O) groups is 1. The second kappa shape index (κ2) is 5.35. The lowest BCUT2D eigenvalue weighted by Crippen LogP contribution is -2.48. The predicted octanol–water partition coefficient (Wildman–Crippen LogP) is 2.93. The van der Waals surface area contributed by atoms with Gasteiger partial charge in [-0.15, -0.1) is 0 Å². The highest BCUT2D eigenvalue weighted by molar-refractivity contribution is 14.1. The standard InChI is InChI=1S/C13H15ClINO2/c1-13(18)5-2-6-16(8-13)12(17)10-7-9(14)3-4-11(10)15/h3-4,7,18H,2,5-6,8H2,1H3. The molecule has 1 amide bonds. The summed E-state index contributed by atoms with van der Waals surface area (Å²) in [5.74, 6) is -0.0538. The van der Waals surface area contributed by atoms with Crippen molar-refractivity contribution in [2.45, 2.75) is 25.4 Å². The maximum Gasteiger partial charge on any atom is 0.255 e. The number of hydrogen-bond donors (Lipinski definition) is 1. The molecule has 1 aromatic rings. The molecule has 1 aliphatic heterocycles. The van der Waals surface area contributed by atoms with Gasteiger partial charge in [0.1, 0.15) is 0 Å². The molecule has 0 saturated carbocycles. The third-order valence-corrected chi connectivity index (χ3v) is 4.30. The summed E-state index contributed by atoms with van der Waals surface area (Å²) in [5, 5.41) is 10.6. The molecule has 2 rings (SSSR count). The van der Waals surface area contributed by atoms with E-state index in [1.165, 1.54) is 0 Å². The molecular formula is C13H15ClINO2. The van der Waals surface area contributed by atoms with E-state index in [2.05, 4.69) is 22.6 Å². The van der Waals surface area contributed by atoms with Gasteiger partial charge in [-0.05, 0) is 60.6 Å². The highest BCUT2D eigenvalue weighted by Crippen LogP contribution is 2.24. The van der Waals surface area contributed by atoms with Crippen molar-refractivity contribution in [1.29, 1.82) is 0 Å². The van der Waals surface area contributed by atoms with Crippen LogP contribution in [0.4, 0.5) is 0 Å². The van der Waals surface area contributed by atoms with Crippen molar-refractivity contribution in [1.82, 2.24) is 4.90 Å². The molecule has 1 heterocycles. The Kier molecular flexibility index (Phi) is 4.18. The Bertz CT molecular complexity index is 476. The summed E-state index contributed by atoms with van der Waals surface area (Å²) < 4.78 is 0.882. The lowest BCUT2D eigenvalue weighted by Gasteiger charge is -2.37. The highest BCUT2D eigenvalue weighted by atomic mass is 127. The molecular weight excluding hydrogens is 365 g/mol. The lowest BCUT2D eigenvalue weighted by molar-refractivity contribution is -0.0107. The number of benzene rings is 1. The Morgan fingerprint density at radius 3 is 2.94 bits per heavy atom. The van der Waals surface area contributed by atoms with E-state index in [0.717, 1.165) is 16.4 Å². The van der Waals surface area contributed by atoms with Crippen LogP contribution in [-0.4, -0.2) is 34.6 Å². The van der Waals surface area contributed by atoms with Crippen LogP contribution in [0.2, 0.25) is 5.02 Å². The summed E-state index contributed by atoms with van der Waals surface area (Å²) in [7, 11) is 0. The Morgan fingerprint density at radius 2 is 2.28 bits per heavy atom. The van der Waals surface area contributed by atoms with Gasteiger partial charge in [-0.25, -0.2) is 0 Å². The van der Waals surface area contributed by atoms with Crippen molar-refractivity contribution in [2.24, 2.45) is 0 Å². The van der Waals surface area contributed by atoms with E-state index in [1.807, 2.05) is 6.07 Å². The first-order valence-corrected chi connectivity index (χ1v) is 7.31. The maximum absolute atomic E-state index is 12.4. The van der Waals surface area contributed by atoms with Crippen molar-refractivity contribution in [2.75, 3.05) is 13.1 Å². The van der Waals surface area contributed by atoms with Crippen LogP contribution >= 0.6 is 34.2 Å². The van der Waals surface area contributed by atoms with Gasteiger partial charge in [0.15, 0.2) is 0 Å². The molecule has 0 radical (unpaired) electrons. The SMILES string of the molecule is CC1(O)CCCN(C(=O)c2cc(Cl)ccc2I)C1. The normalized spacial score (nSPS) is 24.1. The lowest BCUT2D eigenvalue weighted by atomic mass is 9.94. The molecule has 0 aromatic heterocycles. The highest BCUT2D eigenvalue weighted by Gasteiger charge is 2.31. The van der Waals surface area contributed by atoms with Crippen LogP contribution in [-0.2, 0) is 0 Å². The molecule has 0 aliphatic carbocycles. The molecule has 1 N–H and O–H groups in total. The Hall–Kier alpha value is -0.330. The molecule has 18 heavy (non-hydrogen) atoms. The number of nitrogens with zero attached hydrogens (tertiary/aromatic N) is 1. The number of carbonyl (C=O) groups excluding carboxylic acids is 1. The second-order valence-electron chi connectivity index (χ2n) is 4.95. The predicted molar refractivity (Wildman–Crippen MR) is 79.9 cm³/mol. The first-order valence-electron chi connectivity index (χ1n) is 5.86. The number of β-amino-alcohol motifs (C(OH)–C–C–N with tert-alkyl or cyclic N) is 1. The first kappa shape index (κ1) is 14.1. The molecule has 1 atom stereocenters. The Labute approximate surface area is 125 Å². The van der Waals surface area contributed by atoms with E-state index in [1.54, 1.807) is 24.0 Å². The van der Waals surface area contributed by atoms with Crippen LogP contribution in [0.15, 0.2) is 18.2 Å². The molecule has 0 spiro atoms. The van der Waals surface area contributed by atoms with Crippen LogP contribution in [0.25, 0.3) is 0 Å². The smallest absolute Gasteiger partial charge is 0.255 e. The summed E-state index contributed by atoms with van der Waals surface area (Å²) >= 11 is 8.06. The van der Waals surface area contributed by atoms with Gasteiger partial charge in [0, 0.05) is 21.7 Å². The molecule has 1 unspecified atom stereocenters. The summed E-state index contributed by atoms with van der Waals surface area (Å²) in [6.45, 7) is 2.85. The quantitative estimate of drug-likeness (QED) is 0.762. The van der Waals surface area contributed by atoms with E-state index in [9.17, 15) is 9.90 Å². The Morgan fingerprint density at radius 1 is 1.56 bits per heavy atom. The molecule has 0 bridgehead atoms. The summed E-state index contributed by atoms with van der Waals surface area (Å²) in [4.78, 5) is 14.1. The third-order valence-electron chi connectivity index (χ3n) is 3.12.